The van der Waals surface area contributed by atoms with Crippen molar-refractivity contribution in [1.82, 2.24) is 20.0 Å². The standard InChI is InChI=1S/C15H28N4/c1-5-16-10-13-8-6-7-9-18(3)15(13)14-11-19(4)17-12(14)2/h11,13,15-16H,5-10H2,1-4H3. The largest absolute Gasteiger partial charge is 0.317 e. The molecule has 19 heavy (non-hydrogen) atoms. The van der Waals surface area contributed by atoms with Crippen molar-refractivity contribution in [3.05, 3.63) is 17.5 Å². The summed E-state index contributed by atoms with van der Waals surface area (Å²) >= 11 is 0. The van der Waals surface area contributed by atoms with Crippen molar-refractivity contribution >= 4 is 0 Å². The molecule has 0 radical (unpaired) electrons. The predicted molar refractivity (Wildman–Crippen MR) is 79.2 cm³/mol. The number of nitrogens with one attached hydrogen (secondary N) is 1. The monoisotopic (exact) mass is 264 g/mol. The fourth-order valence-electron chi connectivity index (χ4n) is 3.37. The average Bonchev–Trinajstić information content (AvgIpc) is 2.59. The number of rotatable bonds is 4. The van der Waals surface area contributed by atoms with E-state index < -0.39 is 0 Å². The molecule has 2 unspecified atom stereocenters. The molecule has 0 saturated carbocycles. The van der Waals surface area contributed by atoms with E-state index in [0.29, 0.717) is 12.0 Å². The predicted octanol–water partition coefficient (Wildman–Crippen LogP) is 2.11. The van der Waals surface area contributed by atoms with E-state index in [9.17, 15) is 0 Å². The van der Waals surface area contributed by atoms with Gasteiger partial charge in [0.25, 0.3) is 0 Å². The van der Waals surface area contributed by atoms with Crippen LogP contribution >= 0.6 is 0 Å². The number of hydrogen-bond donors (Lipinski definition) is 1. The Labute approximate surface area is 117 Å². The Morgan fingerprint density at radius 1 is 1.37 bits per heavy atom. The minimum Gasteiger partial charge on any atom is -0.317 e. The van der Waals surface area contributed by atoms with Gasteiger partial charge in [0.15, 0.2) is 0 Å². The van der Waals surface area contributed by atoms with E-state index in [2.05, 4.69) is 42.4 Å². The number of nitrogens with zero attached hydrogens (tertiary/aromatic N) is 3. The maximum Gasteiger partial charge on any atom is 0.0641 e. The topological polar surface area (TPSA) is 33.1 Å². The molecule has 0 aliphatic carbocycles. The minimum atomic E-state index is 0.509. The second kappa shape index (κ2) is 6.53. The Morgan fingerprint density at radius 3 is 2.79 bits per heavy atom. The summed E-state index contributed by atoms with van der Waals surface area (Å²) in [5, 5.41) is 8.07. The van der Waals surface area contributed by atoms with Gasteiger partial charge in [0.1, 0.15) is 0 Å². The summed E-state index contributed by atoms with van der Waals surface area (Å²) in [7, 11) is 4.29. The van der Waals surface area contributed by atoms with E-state index in [1.807, 2.05) is 11.7 Å². The van der Waals surface area contributed by atoms with Crippen LogP contribution in [0.25, 0.3) is 0 Å². The van der Waals surface area contributed by atoms with Crippen molar-refractivity contribution in [2.45, 2.75) is 39.2 Å². The van der Waals surface area contributed by atoms with E-state index >= 15 is 0 Å². The number of likely N-dealkylation sites (tertiary alicyclic amines) is 1. The smallest absolute Gasteiger partial charge is 0.0641 e. The SMILES string of the molecule is CCNCC1CCCCN(C)C1c1cn(C)nc1C. The lowest BCUT2D eigenvalue weighted by Gasteiger charge is -2.32. The summed E-state index contributed by atoms with van der Waals surface area (Å²) < 4.78 is 1.95. The van der Waals surface area contributed by atoms with Crippen molar-refractivity contribution in [1.29, 1.82) is 0 Å². The van der Waals surface area contributed by atoms with Crippen LogP contribution in [0.3, 0.4) is 0 Å². The van der Waals surface area contributed by atoms with Gasteiger partial charge in [-0.05, 0) is 52.4 Å². The maximum atomic E-state index is 4.54. The molecule has 4 nitrogen and oxygen atoms in total. The number of aryl methyl sites for hydroxylation is 2. The van der Waals surface area contributed by atoms with Gasteiger partial charge in [0.05, 0.1) is 5.69 Å². The van der Waals surface area contributed by atoms with Crippen LogP contribution in [-0.2, 0) is 7.05 Å². The van der Waals surface area contributed by atoms with E-state index in [0.717, 1.165) is 13.1 Å². The van der Waals surface area contributed by atoms with Crippen molar-refractivity contribution < 1.29 is 0 Å². The van der Waals surface area contributed by atoms with Gasteiger partial charge >= 0.3 is 0 Å². The van der Waals surface area contributed by atoms with Crippen molar-refractivity contribution in [2.75, 3.05) is 26.7 Å². The van der Waals surface area contributed by atoms with Crippen LogP contribution in [0.4, 0.5) is 0 Å². The maximum absolute atomic E-state index is 4.54. The molecular weight excluding hydrogens is 236 g/mol. The highest BCUT2D eigenvalue weighted by Gasteiger charge is 2.30. The summed E-state index contributed by atoms with van der Waals surface area (Å²) in [4.78, 5) is 2.53. The zero-order valence-electron chi connectivity index (χ0n) is 12.8. The van der Waals surface area contributed by atoms with Crippen molar-refractivity contribution in [3.63, 3.8) is 0 Å². The first-order valence-corrected chi connectivity index (χ1v) is 7.54. The molecule has 0 spiro atoms. The quantitative estimate of drug-likeness (QED) is 0.904. The molecule has 1 fully saturated rings. The molecule has 0 aromatic carbocycles. The van der Waals surface area contributed by atoms with Crippen LogP contribution in [0.15, 0.2) is 6.20 Å². The Hall–Kier alpha value is -0.870. The van der Waals surface area contributed by atoms with Gasteiger partial charge in [-0.3, -0.25) is 9.58 Å². The summed E-state index contributed by atoms with van der Waals surface area (Å²) in [6, 6.07) is 0.509. The van der Waals surface area contributed by atoms with E-state index in [1.54, 1.807) is 0 Å². The molecule has 0 bridgehead atoms. The molecule has 1 saturated heterocycles. The summed E-state index contributed by atoms with van der Waals surface area (Å²) in [5.41, 5.74) is 2.59. The first-order valence-electron chi connectivity index (χ1n) is 7.54. The molecule has 108 valence electrons. The normalized spacial score (nSPS) is 25.5. The van der Waals surface area contributed by atoms with E-state index in [4.69, 9.17) is 0 Å². The summed E-state index contributed by atoms with van der Waals surface area (Å²) in [6.07, 6.45) is 6.18. The molecule has 2 atom stereocenters. The lowest BCUT2D eigenvalue weighted by molar-refractivity contribution is 0.189. The summed E-state index contributed by atoms with van der Waals surface area (Å²) in [5.74, 6) is 0.690. The third-order valence-corrected chi connectivity index (χ3v) is 4.28. The first-order chi connectivity index (χ1) is 9.13. The second-order valence-corrected chi connectivity index (χ2v) is 5.83. The lowest BCUT2D eigenvalue weighted by atomic mass is 9.89. The third-order valence-electron chi connectivity index (χ3n) is 4.28. The Kier molecular flexibility index (Phi) is 4.99. The van der Waals surface area contributed by atoms with Crippen LogP contribution in [-0.4, -0.2) is 41.4 Å². The highest BCUT2D eigenvalue weighted by atomic mass is 15.3. The average molecular weight is 264 g/mol. The molecular formula is C15H28N4. The highest BCUT2D eigenvalue weighted by Crippen LogP contribution is 2.35. The number of hydrogen-bond acceptors (Lipinski definition) is 3. The van der Waals surface area contributed by atoms with Crippen molar-refractivity contribution in [3.8, 4) is 0 Å². The van der Waals surface area contributed by atoms with Crippen LogP contribution < -0.4 is 5.32 Å². The Bertz CT molecular complexity index is 399. The van der Waals surface area contributed by atoms with Gasteiger partial charge < -0.3 is 5.32 Å². The zero-order chi connectivity index (χ0) is 13.8. The molecule has 1 aliphatic rings. The zero-order valence-corrected chi connectivity index (χ0v) is 12.8. The van der Waals surface area contributed by atoms with Crippen LogP contribution in [0.5, 0.6) is 0 Å². The van der Waals surface area contributed by atoms with Gasteiger partial charge in [-0.1, -0.05) is 13.3 Å². The third kappa shape index (κ3) is 3.37. The first kappa shape index (κ1) is 14.5. The van der Waals surface area contributed by atoms with Crippen molar-refractivity contribution in [2.24, 2.45) is 13.0 Å². The molecule has 2 rings (SSSR count). The molecule has 1 N–H and O–H groups in total. The van der Waals surface area contributed by atoms with Gasteiger partial charge in [0, 0.05) is 24.8 Å². The van der Waals surface area contributed by atoms with Gasteiger partial charge in [-0.15, -0.1) is 0 Å². The van der Waals surface area contributed by atoms with Crippen LogP contribution in [0.1, 0.15) is 43.5 Å². The Morgan fingerprint density at radius 2 is 2.16 bits per heavy atom. The molecule has 4 heteroatoms. The fourth-order valence-corrected chi connectivity index (χ4v) is 3.37. The minimum absolute atomic E-state index is 0.509. The molecule has 1 aromatic heterocycles. The molecule has 0 amide bonds. The van der Waals surface area contributed by atoms with Gasteiger partial charge in [-0.25, -0.2) is 0 Å². The van der Waals surface area contributed by atoms with Crippen LogP contribution in [0, 0.1) is 12.8 Å². The van der Waals surface area contributed by atoms with Gasteiger partial charge in [0.2, 0.25) is 0 Å². The fraction of sp³-hybridized carbons (Fsp3) is 0.800. The summed E-state index contributed by atoms with van der Waals surface area (Å²) in [6.45, 7) is 7.68. The van der Waals surface area contributed by atoms with Crippen LogP contribution in [0.2, 0.25) is 0 Å². The lowest BCUT2D eigenvalue weighted by Crippen LogP contribution is -2.35. The second-order valence-electron chi connectivity index (χ2n) is 5.83. The van der Waals surface area contributed by atoms with E-state index in [1.165, 1.54) is 37.1 Å². The highest BCUT2D eigenvalue weighted by molar-refractivity contribution is 5.21. The molecule has 2 heterocycles. The number of aromatic nitrogens is 2. The molecule has 1 aromatic rings. The Balaban J connectivity index is 2.25. The van der Waals surface area contributed by atoms with Gasteiger partial charge in [-0.2, -0.15) is 5.10 Å². The van der Waals surface area contributed by atoms with E-state index in [-0.39, 0.29) is 0 Å². The molecule has 1 aliphatic heterocycles.